The first-order chi connectivity index (χ1) is 18.4. The van der Waals surface area contributed by atoms with Gasteiger partial charge in [-0.1, -0.05) is 61.9 Å². The molecule has 0 aliphatic carbocycles. The molecule has 0 saturated carbocycles. The van der Waals surface area contributed by atoms with Gasteiger partial charge in [0, 0.05) is 26.6 Å². The molecule has 2 atom stereocenters. The molecule has 0 aliphatic heterocycles. The van der Waals surface area contributed by atoms with E-state index in [2.05, 4.69) is 16.0 Å². The largest absolute Gasteiger partial charge is 0.480 e. The minimum atomic E-state index is -4.03. The zero-order valence-electron chi connectivity index (χ0n) is 23.0. The molecule has 0 heterocycles. The summed E-state index contributed by atoms with van der Waals surface area (Å²) in [6, 6.07) is 13.1. The first-order valence-electron chi connectivity index (χ1n) is 13.1. The normalized spacial score (nSPS) is 13.1. The van der Waals surface area contributed by atoms with E-state index >= 15 is 0 Å². The van der Waals surface area contributed by atoms with Crippen molar-refractivity contribution in [3.63, 3.8) is 0 Å². The molecule has 3 amide bonds. The molecule has 11 heteroatoms. The molecule has 0 fully saturated rings. The van der Waals surface area contributed by atoms with Crippen molar-refractivity contribution in [3.05, 3.63) is 65.7 Å². The molecule has 0 aliphatic rings. The van der Waals surface area contributed by atoms with Crippen LogP contribution in [0.3, 0.4) is 0 Å². The Hall–Kier alpha value is -3.44. The van der Waals surface area contributed by atoms with Gasteiger partial charge in [-0.25, -0.2) is 13.2 Å². The van der Waals surface area contributed by atoms with Gasteiger partial charge in [0.2, 0.25) is 15.9 Å². The number of carboxylic acid groups (broad SMARTS) is 1. The lowest BCUT2D eigenvalue weighted by molar-refractivity contribution is -0.142. The molecule has 0 aromatic heterocycles. The second kappa shape index (κ2) is 15.2. The number of carbonyl (C=O) groups is 3. The van der Waals surface area contributed by atoms with Crippen LogP contribution in [0, 0.1) is 12.8 Å². The number of nitrogens with one attached hydrogen (secondary N) is 3. The monoisotopic (exact) mass is 560 g/mol. The van der Waals surface area contributed by atoms with Crippen LogP contribution in [0.5, 0.6) is 0 Å². The third kappa shape index (κ3) is 9.99. The highest BCUT2D eigenvalue weighted by molar-refractivity contribution is 7.89. The lowest BCUT2D eigenvalue weighted by Crippen LogP contribution is -2.50. The minimum absolute atomic E-state index is 0.0559. The number of benzene rings is 2. The number of hydrogen-bond acceptors (Lipinski definition) is 5. The SMILES string of the molecule is CNC(=O)N[C@@H](Cc1ccccc1)C(=O)NCCCC[C@@H](C(=O)O)N(CC(C)C)S(=O)(=O)c1ccc(C)cc1. The van der Waals surface area contributed by atoms with E-state index in [0.717, 1.165) is 15.4 Å². The zero-order valence-corrected chi connectivity index (χ0v) is 23.8. The summed E-state index contributed by atoms with van der Waals surface area (Å²) in [6.45, 7) is 5.84. The predicted octanol–water partition coefficient (Wildman–Crippen LogP) is 2.92. The highest BCUT2D eigenvalue weighted by Gasteiger charge is 2.36. The molecule has 0 bridgehead atoms. The summed E-state index contributed by atoms with van der Waals surface area (Å²) < 4.78 is 27.9. The van der Waals surface area contributed by atoms with Crippen LogP contribution < -0.4 is 16.0 Å². The number of sulfonamides is 1. The highest BCUT2D eigenvalue weighted by atomic mass is 32.2. The fourth-order valence-corrected chi connectivity index (χ4v) is 5.85. The molecule has 2 aromatic carbocycles. The van der Waals surface area contributed by atoms with Crippen molar-refractivity contribution in [2.45, 2.75) is 63.4 Å². The van der Waals surface area contributed by atoms with Crippen molar-refractivity contribution in [2.75, 3.05) is 20.1 Å². The van der Waals surface area contributed by atoms with Gasteiger partial charge in [0.25, 0.3) is 0 Å². The number of carbonyl (C=O) groups excluding carboxylic acids is 2. The maximum Gasteiger partial charge on any atom is 0.322 e. The Bertz CT molecular complexity index is 1190. The average Bonchev–Trinajstić information content (AvgIpc) is 2.89. The third-order valence-electron chi connectivity index (χ3n) is 6.14. The lowest BCUT2D eigenvalue weighted by Gasteiger charge is -2.29. The third-order valence-corrected chi connectivity index (χ3v) is 8.03. The molecule has 4 N–H and O–H groups in total. The van der Waals surface area contributed by atoms with Crippen LogP contribution in [0.4, 0.5) is 4.79 Å². The van der Waals surface area contributed by atoms with Crippen LogP contribution in [0.2, 0.25) is 0 Å². The fourth-order valence-electron chi connectivity index (χ4n) is 4.08. The molecule has 10 nitrogen and oxygen atoms in total. The van der Waals surface area contributed by atoms with Gasteiger partial charge in [-0.2, -0.15) is 4.31 Å². The number of carboxylic acids is 1. The summed E-state index contributed by atoms with van der Waals surface area (Å²) in [4.78, 5) is 36.9. The van der Waals surface area contributed by atoms with Crippen molar-refractivity contribution in [2.24, 2.45) is 5.92 Å². The zero-order chi connectivity index (χ0) is 29.0. The van der Waals surface area contributed by atoms with Gasteiger partial charge in [-0.15, -0.1) is 0 Å². The Labute approximate surface area is 231 Å². The molecule has 0 unspecified atom stereocenters. The molecular weight excluding hydrogens is 520 g/mol. The number of aliphatic carboxylic acids is 1. The first-order valence-corrected chi connectivity index (χ1v) is 14.5. The number of urea groups is 1. The van der Waals surface area contributed by atoms with Crippen LogP contribution in [0.15, 0.2) is 59.5 Å². The Morgan fingerprint density at radius 1 is 0.974 bits per heavy atom. The summed E-state index contributed by atoms with van der Waals surface area (Å²) in [5.74, 6) is -1.66. The molecule has 2 rings (SSSR count). The van der Waals surface area contributed by atoms with E-state index in [4.69, 9.17) is 0 Å². The van der Waals surface area contributed by atoms with E-state index in [-0.39, 0.29) is 36.2 Å². The van der Waals surface area contributed by atoms with Gasteiger partial charge in [-0.3, -0.25) is 9.59 Å². The number of rotatable bonds is 15. The van der Waals surface area contributed by atoms with Gasteiger partial charge < -0.3 is 21.1 Å². The maximum absolute atomic E-state index is 13.4. The van der Waals surface area contributed by atoms with Crippen molar-refractivity contribution in [1.82, 2.24) is 20.3 Å². The number of unbranched alkanes of at least 4 members (excludes halogenated alkanes) is 1. The van der Waals surface area contributed by atoms with Gasteiger partial charge in [0.15, 0.2) is 0 Å². The Morgan fingerprint density at radius 2 is 1.62 bits per heavy atom. The molecule has 2 aromatic rings. The fraction of sp³-hybridized carbons (Fsp3) is 0.464. The van der Waals surface area contributed by atoms with Crippen LogP contribution in [-0.2, 0) is 26.0 Å². The number of aryl methyl sites for hydroxylation is 1. The van der Waals surface area contributed by atoms with E-state index in [1.54, 1.807) is 12.1 Å². The van der Waals surface area contributed by atoms with Crippen LogP contribution in [0.1, 0.15) is 44.2 Å². The smallest absolute Gasteiger partial charge is 0.322 e. The van der Waals surface area contributed by atoms with E-state index in [0.29, 0.717) is 19.3 Å². The van der Waals surface area contributed by atoms with Crippen molar-refractivity contribution in [3.8, 4) is 0 Å². The molecule has 39 heavy (non-hydrogen) atoms. The summed E-state index contributed by atoms with van der Waals surface area (Å²) in [7, 11) is -2.57. The molecule has 0 spiro atoms. The van der Waals surface area contributed by atoms with Crippen molar-refractivity contribution >= 4 is 27.9 Å². The molecule has 0 radical (unpaired) electrons. The summed E-state index contributed by atoms with van der Waals surface area (Å²) in [5.41, 5.74) is 1.79. The van der Waals surface area contributed by atoms with Gasteiger partial charge in [-0.05, 0) is 49.8 Å². The van der Waals surface area contributed by atoms with Crippen molar-refractivity contribution < 1.29 is 27.9 Å². The Morgan fingerprint density at radius 3 is 2.18 bits per heavy atom. The lowest BCUT2D eigenvalue weighted by atomic mass is 10.1. The predicted molar refractivity (Wildman–Crippen MR) is 150 cm³/mol. The molecule has 214 valence electrons. The number of hydrogen-bond donors (Lipinski definition) is 4. The Kier molecular flexibility index (Phi) is 12.4. The summed E-state index contributed by atoms with van der Waals surface area (Å²) in [5, 5.41) is 17.8. The first kappa shape index (κ1) is 31.8. The highest BCUT2D eigenvalue weighted by Crippen LogP contribution is 2.23. The van der Waals surface area contributed by atoms with E-state index in [1.807, 2.05) is 51.1 Å². The quantitative estimate of drug-likeness (QED) is 0.247. The average molecular weight is 561 g/mol. The van der Waals surface area contributed by atoms with Crippen LogP contribution in [-0.4, -0.2) is 68.0 Å². The second-order valence-corrected chi connectivity index (χ2v) is 11.8. The standard InChI is InChI=1S/C28H40N4O6S/c1-20(2)19-32(39(37,38)23-15-13-21(3)14-16-23)25(27(34)35)12-8-9-17-30-26(33)24(31-28(36)29-4)18-22-10-6-5-7-11-22/h5-7,10-11,13-16,20,24-25H,8-9,12,17-19H2,1-4H3,(H,30,33)(H,34,35)(H2,29,31,36)/t24-,25-/m0/s1. The van der Waals surface area contributed by atoms with Gasteiger partial charge in [0.1, 0.15) is 12.1 Å². The number of amides is 3. The minimum Gasteiger partial charge on any atom is -0.480 e. The van der Waals surface area contributed by atoms with E-state index in [9.17, 15) is 27.9 Å². The maximum atomic E-state index is 13.4. The van der Waals surface area contributed by atoms with E-state index in [1.165, 1.54) is 19.2 Å². The molecule has 0 saturated heterocycles. The molecular formula is C28H40N4O6S. The van der Waals surface area contributed by atoms with E-state index < -0.39 is 34.1 Å². The summed E-state index contributed by atoms with van der Waals surface area (Å²) >= 11 is 0. The van der Waals surface area contributed by atoms with Gasteiger partial charge >= 0.3 is 12.0 Å². The van der Waals surface area contributed by atoms with Gasteiger partial charge in [0.05, 0.1) is 4.90 Å². The van der Waals surface area contributed by atoms with Crippen molar-refractivity contribution in [1.29, 1.82) is 0 Å². The Balaban J connectivity index is 2.03. The topological polar surface area (TPSA) is 145 Å². The second-order valence-electron chi connectivity index (χ2n) is 9.89. The summed E-state index contributed by atoms with van der Waals surface area (Å²) in [6.07, 6.45) is 1.21. The van der Waals surface area contributed by atoms with Crippen LogP contribution >= 0.6 is 0 Å². The number of nitrogens with zero attached hydrogens (tertiary/aromatic N) is 1. The van der Waals surface area contributed by atoms with Crippen LogP contribution in [0.25, 0.3) is 0 Å².